The Morgan fingerprint density at radius 1 is 0.806 bits per heavy atom. The maximum absolute atomic E-state index is 12.8. The average molecular weight is 497 g/mol. The molecule has 0 heterocycles. The van der Waals surface area contributed by atoms with E-state index in [0.717, 1.165) is 36.2 Å². The second-order valence-electron chi connectivity index (χ2n) is 10.8. The van der Waals surface area contributed by atoms with Crippen LogP contribution in [0.2, 0.25) is 0 Å². The molecular formula is C32H50NO3+. The van der Waals surface area contributed by atoms with Gasteiger partial charge in [0.05, 0.1) is 20.6 Å². The zero-order valence-electron chi connectivity index (χ0n) is 23.3. The predicted molar refractivity (Wildman–Crippen MR) is 150 cm³/mol. The summed E-state index contributed by atoms with van der Waals surface area (Å²) in [5, 5.41) is 0. The van der Waals surface area contributed by atoms with Crippen molar-refractivity contribution < 1.29 is 18.8 Å². The number of carbonyl (C=O) groups excluding carboxylic acids is 1. The summed E-state index contributed by atoms with van der Waals surface area (Å²) in [6.07, 6.45) is 13.9. The minimum atomic E-state index is -0.178. The normalized spacial score (nSPS) is 12.3. The van der Waals surface area contributed by atoms with Gasteiger partial charge < -0.3 is 14.0 Å². The number of rotatable bonds is 19. The van der Waals surface area contributed by atoms with E-state index < -0.39 is 0 Å². The third-order valence-electron chi connectivity index (χ3n) is 6.89. The van der Waals surface area contributed by atoms with Gasteiger partial charge in [0, 0.05) is 5.56 Å². The fourth-order valence-corrected chi connectivity index (χ4v) is 4.81. The summed E-state index contributed by atoms with van der Waals surface area (Å²) in [6, 6.07) is 18.6. The summed E-state index contributed by atoms with van der Waals surface area (Å²) < 4.78 is 12.0. The fraction of sp³-hybridized carbons (Fsp3) is 0.594. The van der Waals surface area contributed by atoms with Crippen molar-refractivity contribution in [3.05, 3.63) is 65.7 Å². The molecule has 0 bridgehead atoms. The molecule has 2 aromatic carbocycles. The van der Waals surface area contributed by atoms with E-state index in [-0.39, 0.29) is 18.7 Å². The van der Waals surface area contributed by atoms with Crippen molar-refractivity contribution in [1.82, 2.24) is 0 Å². The molecule has 0 amide bonds. The van der Waals surface area contributed by atoms with Gasteiger partial charge in [0.1, 0.15) is 18.2 Å². The number of hydrogen-bond acceptors (Lipinski definition) is 3. The van der Waals surface area contributed by atoms with Gasteiger partial charge in [-0.3, -0.25) is 4.79 Å². The van der Waals surface area contributed by atoms with Crippen LogP contribution in [0.4, 0.5) is 0 Å². The number of hydrogen-bond donors (Lipinski definition) is 0. The number of aryl methyl sites for hydroxylation is 1. The molecule has 0 N–H and O–H groups in total. The smallest absolute Gasteiger partial charge is 0.317 e. The highest BCUT2D eigenvalue weighted by molar-refractivity contribution is 5.72. The second kappa shape index (κ2) is 17.2. The third-order valence-corrected chi connectivity index (χ3v) is 6.89. The lowest BCUT2D eigenvalue weighted by Gasteiger charge is -2.32. The Morgan fingerprint density at radius 2 is 1.44 bits per heavy atom. The van der Waals surface area contributed by atoms with E-state index in [1.165, 1.54) is 68.9 Å². The van der Waals surface area contributed by atoms with Crippen LogP contribution in [0.3, 0.4) is 0 Å². The fourth-order valence-electron chi connectivity index (χ4n) is 4.81. The predicted octanol–water partition coefficient (Wildman–Crippen LogP) is 7.94. The molecule has 1 unspecified atom stereocenters. The summed E-state index contributed by atoms with van der Waals surface area (Å²) in [5.41, 5.74) is 2.56. The van der Waals surface area contributed by atoms with Gasteiger partial charge >= 0.3 is 5.97 Å². The van der Waals surface area contributed by atoms with Crippen LogP contribution < -0.4 is 4.74 Å². The van der Waals surface area contributed by atoms with Crippen LogP contribution in [0.5, 0.6) is 5.75 Å². The molecule has 0 aliphatic carbocycles. The zero-order valence-corrected chi connectivity index (χ0v) is 23.3. The van der Waals surface area contributed by atoms with Crippen LogP contribution in [0, 0.1) is 5.92 Å². The molecule has 0 saturated carbocycles. The highest BCUT2D eigenvalue weighted by Gasteiger charge is 2.28. The molecule has 2 aromatic rings. The molecule has 1 atom stereocenters. The van der Waals surface area contributed by atoms with Gasteiger partial charge in [0.15, 0.2) is 0 Å². The zero-order chi connectivity index (χ0) is 26.1. The summed E-state index contributed by atoms with van der Waals surface area (Å²) >= 11 is 0. The summed E-state index contributed by atoms with van der Waals surface area (Å²) in [7, 11) is 4.33. The first kappa shape index (κ1) is 29.9. The van der Waals surface area contributed by atoms with Gasteiger partial charge in [0.25, 0.3) is 0 Å². The van der Waals surface area contributed by atoms with Crippen LogP contribution in [0.1, 0.15) is 89.2 Å². The van der Waals surface area contributed by atoms with Crippen molar-refractivity contribution in [1.29, 1.82) is 0 Å². The highest BCUT2D eigenvalue weighted by Crippen LogP contribution is 2.19. The number of ether oxygens (including phenoxy) is 2. The Bertz CT molecular complexity index is 849. The summed E-state index contributed by atoms with van der Waals surface area (Å²) in [4.78, 5) is 12.8. The first-order valence-electron chi connectivity index (χ1n) is 14.2. The molecule has 36 heavy (non-hydrogen) atoms. The minimum absolute atomic E-state index is 0.0388. The van der Waals surface area contributed by atoms with E-state index in [4.69, 9.17) is 9.47 Å². The van der Waals surface area contributed by atoms with Gasteiger partial charge in [-0.15, -0.1) is 0 Å². The SMILES string of the molecule is CCCCCCCCCCCc1cccc(OCOC(=O)C(CC)C[N+](C)(C)Cc2ccccc2)c1. The first-order valence-corrected chi connectivity index (χ1v) is 14.2. The maximum atomic E-state index is 12.8. The van der Waals surface area contributed by atoms with Gasteiger partial charge in [0.2, 0.25) is 6.79 Å². The Labute approximate surface area is 220 Å². The topological polar surface area (TPSA) is 35.5 Å². The number of carbonyl (C=O) groups is 1. The van der Waals surface area contributed by atoms with Crippen LogP contribution >= 0.6 is 0 Å². The Hall–Kier alpha value is -2.33. The quantitative estimate of drug-likeness (QED) is 0.0857. The van der Waals surface area contributed by atoms with E-state index in [2.05, 4.69) is 57.4 Å². The lowest BCUT2D eigenvalue weighted by Crippen LogP contribution is -2.44. The van der Waals surface area contributed by atoms with Crippen LogP contribution in [-0.2, 0) is 22.5 Å². The number of esters is 1. The van der Waals surface area contributed by atoms with Gasteiger partial charge in [-0.2, -0.15) is 0 Å². The molecular weight excluding hydrogens is 446 g/mol. The number of quaternary nitrogens is 1. The lowest BCUT2D eigenvalue weighted by molar-refractivity contribution is -0.906. The molecule has 4 heteroatoms. The van der Waals surface area contributed by atoms with Crippen molar-refractivity contribution in [2.75, 3.05) is 27.4 Å². The number of benzene rings is 2. The lowest BCUT2D eigenvalue weighted by atomic mass is 10.0. The van der Waals surface area contributed by atoms with Crippen molar-refractivity contribution in [3.8, 4) is 5.75 Å². The summed E-state index contributed by atoms with van der Waals surface area (Å²) in [5.74, 6) is 0.442. The monoisotopic (exact) mass is 496 g/mol. The van der Waals surface area contributed by atoms with Gasteiger partial charge in [-0.05, 0) is 37.0 Å². The molecule has 4 nitrogen and oxygen atoms in total. The molecule has 200 valence electrons. The molecule has 0 aromatic heterocycles. The molecule has 0 saturated heterocycles. The standard InChI is InChI=1S/C32H50NO3/c1-5-7-8-9-10-11-12-13-15-19-28-22-18-23-31(24-28)35-27-36-32(34)30(6-2)26-33(3,4)25-29-20-16-14-17-21-29/h14,16-18,20-24,30H,5-13,15,19,25-27H2,1-4H3/q+1. The highest BCUT2D eigenvalue weighted by atomic mass is 16.7. The Balaban J connectivity index is 1.68. The van der Waals surface area contributed by atoms with E-state index in [1.54, 1.807) is 0 Å². The molecule has 0 spiro atoms. The van der Waals surface area contributed by atoms with Crippen LogP contribution in [-0.4, -0.2) is 37.9 Å². The van der Waals surface area contributed by atoms with Crippen LogP contribution in [0.25, 0.3) is 0 Å². The van der Waals surface area contributed by atoms with Gasteiger partial charge in [-0.25, -0.2) is 0 Å². The Kier molecular flexibility index (Phi) is 14.3. The molecule has 0 fully saturated rings. The van der Waals surface area contributed by atoms with E-state index >= 15 is 0 Å². The second-order valence-corrected chi connectivity index (χ2v) is 10.8. The van der Waals surface area contributed by atoms with Gasteiger partial charge in [-0.1, -0.05) is 108 Å². The van der Waals surface area contributed by atoms with E-state index in [0.29, 0.717) is 0 Å². The van der Waals surface area contributed by atoms with Crippen LogP contribution in [0.15, 0.2) is 54.6 Å². The molecule has 0 aliphatic heterocycles. The molecule has 0 radical (unpaired) electrons. The molecule has 0 aliphatic rings. The Morgan fingerprint density at radius 3 is 2.11 bits per heavy atom. The number of unbranched alkanes of at least 4 members (excludes halogenated alkanes) is 8. The minimum Gasteiger partial charge on any atom is -0.457 e. The largest absolute Gasteiger partial charge is 0.457 e. The first-order chi connectivity index (χ1) is 17.4. The third kappa shape index (κ3) is 12.6. The summed E-state index contributed by atoms with van der Waals surface area (Å²) in [6.45, 7) is 5.89. The number of nitrogens with zero attached hydrogens (tertiary/aromatic N) is 1. The maximum Gasteiger partial charge on any atom is 0.317 e. The van der Waals surface area contributed by atoms with Crippen molar-refractivity contribution >= 4 is 5.97 Å². The van der Waals surface area contributed by atoms with Crippen molar-refractivity contribution in [3.63, 3.8) is 0 Å². The average Bonchev–Trinajstić information content (AvgIpc) is 2.87. The van der Waals surface area contributed by atoms with E-state index in [9.17, 15) is 4.79 Å². The molecule has 2 rings (SSSR count). The van der Waals surface area contributed by atoms with Crippen molar-refractivity contribution in [2.45, 2.75) is 91.0 Å². The van der Waals surface area contributed by atoms with Crippen molar-refractivity contribution in [2.24, 2.45) is 5.92 Å². The van der Waals surface area contributed by atoms with E-state index in [1.807, 2.05) is 25.1 Å².